The Labute approximate surface area is 272 Å². The number of phenolic OH excluding ortho intramolecular Hbond substituents is 1. The number of anilines is 1. The fraction of sp³-hybridized carbons (Fsp3) is 0.472. The summed E-state index contributed by atoms with van der Waals surface area (Å²) in [5, 5.41) is 11.6. The third-order valence-electron chi connectivity index (χ3n) is 10.2. The number of alkyl halides is 1. The fourth-order valence-corrected chi connectivity index (χ4v) is 8.27. The number of halogens is 3. The van der Waals surface area contributed by atoms with E-state index in [0.29, 0.717) is 52.7 Å². The van der Waals surface area contributed by atoms with E-state index in [-0.39, 0.29) is 34.1 Å². The molecule has 0 saturated carbocycles. The van der Waals surface area contributed by atoms with Gasteiger partial charge in [0.15, 0.2) is 5.82 Å². The largest absolute Gasteiger partial charge is 0.508 e. The number of ether oxygens (including phenoxy) is 1. The summed E-state index contributed by atoms with van der Waals surface area (Å²) < 4.78 is 48.9. The first-order valence-corrected chi connectivity index (χ1v) is 16.4. The number of pyridine rings is 1. The van der Waals surface area contributed by atoms with Gasteiger partial charge in [-0.25, -0.2) is 13.2 Å². The summed E-state index contributed by atoms with van der Waals surface area (Å²) in [6, 6.07) is 7.37. The maximum absolute atomic E-state index is 16.3. The van der Waals surface area contributed by atoms with Crippen molar-refractivity contribution in [2.45, 2.75) is 76.3 Å². The van der Waals surface area contributed by atoms with Crippen LogP contribution in [0.5, 0.6) is 11.8 Å². The predicted octanol–water partition coefficient (Wildman–Crippen LogP) is 6.07. The van der Waals surface area contributed by atoms with Crippen LogP contribution in [0, 0.1) is 24.0 Å². The van der Waals surface area contributed by atoms with Crippen LogP contribution < -0.4 is 9.64 Å². The molecule has 4 unspecified atom stereocenters. The molecule has 4 aromatic rings. The summed E-state index contributed by atoms with van der Waals surface area (Å²) in [6.07, 6.45) is 12.2. The number of terminal acetylenes is 1. The molecule has 0 spiro atoms. The number of hydrogen-bond acceptors (Lipinski definition) is 8. The molecule has 11 heteroatoms. The highest BCUT2D eigenvalue weighted by Crippen LogP contribution is 2.40. The molecule has 0 radical (unpaired) electrons. The van der Waals surface area contributed by atoms with Crippen molar-refractivity contribution in [1.82, 2.24) is 24.8 Å². The first kappa shape index (κ1) is 31.5. The van der Waals surface area contributed by atoms with Crippen LogP contribution in [0.1, 0.15) is 51.5 Å². The minimum Gasteiger partial charge on any atom is -0.508 e. The van der Waals surface area contributed by atoms with Gasteiger partial charge in [-0.05, 0) is 76.1 Å². The van der Waals surface area contributed by atoms with Crippen molar-refractivity contribution in [2.75, 3.05) is 38.2 Å². The van der Waals surface area contributed by atoms with Gasteiger partial charge in [0.1, 0.15) is 34.8 Å². The number of aromatic nitrogens is 3. The highest BCUT2D eigenvalue weighted by molar-refractivity contribution is 6.03. The molecule has 0 amide bonds. The molecule has 1 N–H and O–H groups in total. The third kappa shape index (κ3) is 5.61. The Morgan fingerprint density at radius 3 is 2.49 bits per heavy atom. The zero-order valence-corrected chi connectivity index (χ0v) is 26.9. The Morgan fingerprint density at radius 2 is 1.81 bits per heavy atom. The number of aromatic hydroxyl groups is 1. The molecule has 8 rings (SSSR count). The van der Waals surface area contributed by atoms with Crippen LogP contribution in [-0.2, 0) is 0 Å². The van der Waals surface area contributed by atoms with Gasteiger partial charge in [-0.2, -0.15) is 9.97 Å². The third-order valence-corrected chi connectivity index (χ3v) is 10.2. The van der Waals surface area contributed by atoms with Crippen molar-refractivity contribution in [2.24, 2.45) is 0 Å². The molecule has 8 nitrogen and oxygen atoms in total. The van der Waals surface area contributed by atoms with Crippen LogP contribution in [0.25, 0.3) is 32.9 Å². The van der Waals surface area contributed by atoms with Gasteiger partial charge < -0.3 is 14.7 Å². The standard InChI is InChI=1S/C29H27F2N5O2.C7H12FN/c1-5-20-23(30)9-6-16-10-19(37)11-21(24(16)20)26-25(31)27-22(12-32-26)28(34-29(33-27)38-4)35-13-17-7-8-18(14-35)36(17)15(2)3;8-6-4-7-2-1-3-9(7)5-6/h1,6,9-12,15,17-18,37H,7-8,13-14H2,2-4H3;6-7H,1-5H2. The van der Waals surface area contributed by atoms with Crippen molar-refractivity contribution in [3.8, 4) is 35.4 Å². The van der Waals surface area contributed by atoms with Gasteiger partial charge in [-0.1, -0.05) is 12.0 Å². The molecule has 6 heterocycles. The second-order valence-corrected chi connectivity index (χ2v) is 13.3. The normalized spacial score (nSPS) is 24.1. The first-order valence-electron chi connectivity index (χ1n) is 16.4. The lowest BCUT2D eigenvalue weighted by molar-refractivity contribution is 0.129. The molecule has 4 atom stereocenters. The lowest BCUT2D eigenvalue weighted by Crippen LogP contribution is -2.56. The Bertz CT molecular complexity index is 1850. The molecule has 246 valence electrons. The number of piperazine rings is 1. The fourth-order valence-electron chi connectivity index (χ4n) is 8.27. The number of fused-ring (bicyclic) bond motifs is 5. The predicted molar refractivity (Wildman–Crippen MR) is 176 cm³/mol. The van der Waals surface area contributed by atoms with Crippen LogP contribution in [0.3, 0.4) is 0 Å². The lowest BCUT2D eigenvalue weighted by Gasteiger charge is -2.43. The molecule has 4 fully saturated rings. The number of phenols is 1. The van der Waals surface area contributed by atoms with Crippen LogP contribution in [0.15, 0.2) is 30.5 Å². The van der Waals surface area contributed by atoms with E-state index >= 15 is 4.39 Å². The Kier molecular flexibility index (Phi) is 8.35. The number of rotatable bonds is 4. The summed E-state index contributed by atoms with van der Waals surface area (Å²) in [5.41, 5.74) is 0.0790. The quantitative estimate of drug-likeness (QED) is 0.268. The summed E-state index contributed by atoms with van der Waals surface area (Å²) in [4.78, 5) is 20.4. The van der Waals surface area contributed by atoms with Crippen molar-refractivity contribution < 1.29 is 23.0 Å². The Hall–Kier alpha value is -4.14. The van der Waals surface area contributed by atoms with E-state index in [9.17, 15) is 13.9 Å². The monoisotopic (exact) mass is 644 g/mol. The van der Waals surface area contributed by atoms with Gasteiger partial charge in [0.05, 0.1) is 18.1 Å². The number of benzene rings is 2. The molecule has 2 aromatic carbocycles. The summed E-state index contributed by atoms with van der Waals surface area (Å²) in [7, 11) is 1.44. The van der Waals surface area contributed by atoms with Crippen LogP contribution in [-0.4, -0.2) is 93.5 Å². The molecular weight excluding hydrogens is 605 g/mol. The van der Waals surface area contributed by atoms with Gasteiger partial charge in [0.25, 0.3) is 0 Å². The molecule has 0 aliphatic carbocycles. The zero-order valence-electron chi connectivity index (χ0n) is 26.9. The average Bonchev–Trinajstić information content (AvgIpc) is 3.72. The van der Waals surface area contributed by atoms with Crippen molar-refractivity contribution >= 4 is 27.5 Å². The van der Waals surface area contributed by atoms with E-state index < -0.39 is 17.8 Å². The molecule has 47 heavy (non-hydrogen) atoms. The summed E-state index contributed by atoms with van der Waals surface area (Å²) in [6.45, 7) is 7.81. The SMILES string of the molecule is C#Cc1c(F)ccc2cc(O)cc(-c3ncc4c(N5CC6CCC(C5)N6C(C)C)nc(OC)nc4c3F)c12.FC1CC2CCCN2C1. The summed E-state index contributed by atoms with van der Waals surface area (Å²) in [5.74, 6) is 1.46. The smallest absolute Gasteiger partial charge is 0.318 e. The van der Waals surface area contributed by atoms with Gasteiger partial charge >= 0.3 is 6.01 Å². The van der Waals surface area contributed by atoms with Crippen LogP contribution in [0.2, 0.25) is 0 Å². The van der Waals surface area contributed by atoms with Crippen LogP contribution >= 0.6 is 0 Å². The lowest BCUT2D eigenvalue weighted by atomic mass is 9.96. The Balaban J connectivity index is 0.000000334. The van der Waals surface area contributed by atoms with E-state index in [1.807, 2.05) is 0 Å². The molecule has 4 aliphatic rings. The minimum atomic E-state index is -0.729. The van der Waals surface area contributed by atoms with Gasteiger partial charge in [0, 0.05) is 60.9 Å². The maximum Gasteiger partial charge on any atom is 0.318 e. The van der Waals surface area contributed by atoms with Crippen molar-refractivity contribution in [3.05, 3.63) is 47.7 Å². The van der Waals surface area contributed by atoms with Crippen molar-refractivity contribution in [3.63, 3.8) is 0 Å². The number of methoxy groups -OCH3 is 1. The minimum absolute atomic E-state index is 0.0294. The van der Waals surface area contributed by atoms with Gasteiger partial charge in [-0.15, -0.1) is 6.42 Å². The maximum atomic E-state index is 16.3. The van der Waals surface area contributed by atoms with Crippen molar-refractivity contribution in [1.29, 1.82) is 0 Å². The Morgan fingerprint density at radius 1 is 1.04 bits per heavy atom. The molecule has 2 aromatic heterocycles. The van der Waals surface area contributed by atoms with Gasteiger partial charge in [0.2, 0.25) is 0 Å². The van der Waals surface area contributed by atoms with E-state index in [0.717, 1.165) is 38.9 Å². The molecule has 2 bridgehead atoms. The van der Waals surface area contributed by atoms with E-state index in [1.54, 1.807) is 0 Å². The number of hydrogen-bond donors (Lipinski definition) is 1. The van der Waals surface area contributed by atoms with Gasteiger partial charge in [-0.3, -0.25) is 14.8 Å². The second kappa shape index (κ2) is 12.5. The average molecular weight is 645 g/mol. The topological polar surface area (TPSA) is 77.9 Å². The second-order valence-electron chi connectivity index (χ2n) is 13.3. The number of nitrogens with zero attached hydrogens (tertiary/aromatic N) is 6. The highest BCUT2D eigenvalue weighted by atomic mass is 19.1. The van der Waals surface area contributed by atoms with E-state index in [2.05, 4.69) is 49.4 Å². The first-order chi connectivity index (χ1) is 22.7. The summed E-state index contributed by atoms with van der Waals surface area (Å²) >= 11 is 0. The van der Waals surface area contributed by atoms with E-state index in [1.165, 1.54) is 50.4 Å². The zero-order chi connectivity index (χ0) is 33.0. The van der Waals surface area contributed by atoms with Crippen LogP contribution in [0.4, 0.5) is 19.0 Å². The molecule has 4 aliphatic heterocycles. The molecular formula is C36H39F3N6O2. The highest BCUT2D eigenvalue weighted by Gasteiger charge is 2.42. The van der Waals surface area contributed by atoms with E-state index in [4.69, 9.17) is 11.2 Å². The molecule has 4 saturated heterocycles.